The average molecular weight is 1850 g/mol. The van der Waals surface area contributed by atoms with Gasteiger partial charge in [0.2, 0.25) is 6.21 Å². The second-order valence-electron chi connectivity index (χ2n) is 26.2. The molecule has 3 radical (unpaired) electrons. The van der Waals surface area contributed by atoms with Crippen molar-refractivity contribution in [3.05, 3.63) is 392 Å². The predicted molar refractivity (Wildman–Crippen MR) is 524 cm³/mol. The van der Waals surface area contributed by atoms with Crippen LogP contribution in [-0.4, -0.2) is 183 Å². The van der Waals surface area contributed by atoms with Gasteiger partial charge in [-0.05, 0) is 168 Å². The van der Waals surface area contributed by atoms with Crippen molar-refractivity contribution in [3.8, 4) is 0 Å². The minimum Gasteiger partial charge on any atom is -1.00 e. The number of hydrogen-bond acceptors (Lipinski definition) is 18. The molecule has 131 heavy (non-hydrogen) atoms. The van der Waals surface area contributed by atoms with E-state index in [0.717, 1.165) is 113 Å². The van der Waals surface area contributed by atoms with Crippen LogP contribution >= 0.6 is 23.2 Å². The molecule has 5 heterocycles. The molecule has 0 bridgehead atoms. The molecule has 699 valence electrons. The zero-order chi connectivity index (χ0) is 91.4. The number of halogens is 3. The van der Waals surface area contributed by atoms with Gasteiger partial charge in [0, 0.05) is 157 Å². The Morgan fingerprint density at radius 3 is 0.977 bits per heavy atom. The number of aliphatic hydroxyl groups excluding tert-OH is 2. The van der Waals surface area contributed by atoms with Gasteiger partial charge >= 0.3 is 42.7 Å². The first-order valence-corrected chi connectivity index (χ1v) is 40.6. The number of non-ortho nitro benzene ring substituents is 1. The van der Waals surface area contributed by atoms with E-state index < -0.39 is 18.0 Å². The number of carboxylic acid groups (broad SMARTS) is 1. The Kier molecular flexibility index (Phi) is 70.0. The van der Waals surface area contributed by atoms with Crippen LogP contribution in [0.3, 0.4) is 0 Å². The largest absolute Gasteiger partial charge is 1.00 e. The summed E-state index contributed by atoms with van der Waals surface area (Å²) in [5, 5.41) is 44.7. The summed E-state index contributed by atoms with van der Waals surface area (Å²) >= 11 is 11.1. The van der Waals surface area contributed by atoms with Crippen LogP contribution in [0.5, 0.6) is 0 Å². The van der Waals surface area contributed by atoms with Gasteiger partial charge in [0.25, 0.3) is 11.4 Å². The molecule has 0 aliphatic carbocycles. The number of aromatic nitrogens is 8. The van der Waals surface area contributed by atoms with Crippen LogP contribution in [-0.2, 0) is 63.5 Å². The minimum absolute atomic E-state index is 0. The Balaban J connectivity index is -0.000000345. The van der Waals surface area contributed by atoms with Crippen LogP contribution < -0.4 is 18.9 Å². The summed E-state index contributed by atoms with van der Waals surface area (Å²) in [5.41, 5.74) is 12.1. The van der Waals surface area contributed by atoms with Crippen molar-refractivity contribution in [1.82, 2.24) is 38.2 Å². The van der Waals surface area contributed by atoms with Crippen LogP contribution in [0.4, 0.5) is 15.8 Å². The maximum Gasteiger partial charge on any atom is 1.00 e. The van der Waals surface area contributed by atoms with Gasteiger partial charge in [-0.2, -0.15) is 0 Å². The monoisotopic (exact) mass is 1850 g/mol. The fraction of sp³-hybridized carbons (Fsp3) is 0.273. The molecule has 0 saturated carbocycles. The zero-order valence-electron chi connectivity index (χ0n) is 75.1. The van der Waals surface area contributed by atoms with Gasteiger partial charge in [0.1, 0.15) is 29.6 Å². The molecule has 1 aliphatic heterocycles. The maximum absolute atomic E-state index is 11.5. The number of imidazole rings is 4. The Hall–Kier alpha value is -12.2. The summed E-state index contributed by atoms with van der Waals surface area (Å²) in [6.07, 6.45) is 20.1. The van der Waals surface area contributed by atoms with Crippen molar-refractivity contribution in [3.63, 3.8) is 0 Å². The molecule has 1 aliphatic rings. The first kappa shape index (κ1) is 123. The second-order valence-corrected chi connectivity index (χ2v) is 26.7. The molecule has 6 N–H and O–H groups in total. The molecule has 26 nitrogen and oxygen atoms in total. The number of benzene rings is 9. The number of hydrogen-bond donors (Lipinski definition) is 4. The number of nitrogens with zero attached hydrogens (tertiary/aromatic N) is 10. The van der Waals surface area contributed by atoms with Crippen molar-refractivity contribution in [1.29, 1.82) is 0 Å². The van der Waals surface area contributed by atoms with Gasteiger partial charge in [-0.15, -0.1) is 23.2 Å². The standard InChI is InChI=1S/C18H18N3O.2C14H16N2O2.C12H12N2O.C10H11ClO2.C8H7ClO2.C7H8O.C6H5NO2.C4H8O.C2H6O.CH3F.3CH4.Al.B.Li.H2O.H2.4H/c1-15-19-11-12-20(15)13-16-7-9-17(10-8-16)14-21(22)18-5-3-2-4-6-18;2*1-3-18-14(17)13-6-4-12(5-7-13)10-16-9-8-15-11(16)2;1-10-13-6-7-14(10)8-11-2-4-12(9-15)5-3-11;1-2-13-10(12)9-5-3-8(7-11)4-6-9;9-5-6-1-3-7(4-2-6)8(10)11;8-6-7-4-2-1-3-5-7;8-7(9)6-4-2-1-3-5-6;1-2-4-5-3-1;1-2-3;1-2;;;;;;;;;;;;/h2-12,14,22H,13H2,1H3;2*4-9H,3,10H2,1-2H3;2-7,9H,8H2,1H3;3-6H,2,7H2,1H3;1-4H,5H2,(H,10,11);1-5,8H,6H2;1-5H;1-4H2;3H,2H2,1H3;1H3;3*1H4;;;;1H2;1H;;;;/q+1;;;;;;;;;;;;;;;;+1;;;;;;-1/b21-14-;;;;;;;;;;;;;;;;;;;;;;/i;;;;;;;;;;1D;;;;;;;;1+1;;;;. The number of aromatic carboxylic acids is 1. The van der Waals surface area contributed by atoms with Crippen LogP contribution in [0.2, 0.25) is 0 Å². The normalized spacial score (nSPS) is 10.1. The number of carbonyl (C=O) groups excluding carboxylic acids is 4. The number of carbonyl (C=O) groups is 5. The number of aldehydes is 1. The van der Waals surface area contributed by atoms with Crippen molar-refractivity contribution in [2.45, 2.75) is 135 Å². The summed E-state index contributed by atoms with van der Waals surface area (Å²) in [6.45, 7) is 21.7. The van der Waals surface area contributed by atoms with E-state index in [4.69, 9.17) is 58.8 Å². The SMILES string of the molecule is C.C.C.C1CCOC1.CCO.CCOC(=O)c1ccc(CCl)cc1.CCOC(=O)c1ccc(Cn2ccnc2C)cc1.CCOC(=O)c1ccc(Cn2ccnc2C)cc1.Cc1nccn1Cc1ccc(/C=[N+](\O)c2ccccc2)cc1.Cc1nccn1Cc1ccc(C=O)cc1.O.O=C(O)c1ccc(CCl)cc1.O=[N+]([O-])c1ccccc1.OCc1ccccc1.[2HH].[2H]CF.[AlH3].[B].[H-].[Li+]. The van der Waals surface area contributed by atoms with Gasteiger partial charge in [0.15, 0.2) is 17.4 Å². The first-order chi connectivity index (χ1) is 60.5. The second kappa shape index (κ2) is 74.6. The Labute approximate surface area is 809 Å². The van der Waals surface area contributed by atoms with Gasteiger partial charge < -0.3 is 59.4 Å². The molecule has 1 saturated heterocycles. The maximum atomic E-state index is 11.5. The van der Waals surface area contributed by atoms with E-state index in [2.05, 4.69) is 50.3 Å². The van der Waals surface area contributed by atoms with Crippen molar-refractivity contribution in [2.24, 2.45) is 0 Å². The molecule has 4 aromatic heterocycles. The number of esters is 3. The molecule has 0 unspecified atom stereocenters. The molecular formula is C99H130AlBCl2FLiN10O16+. The summed E-state index contributed by atoms with van der Waals surface area (Å²) in [7, 11) is -1.00. The zero-order valence-corrected chi connectivity index (χ0v) is 74.6. The molecule has 9 aromatic carbocycles. The summed E-state index contributed by atoms with van der Waals surface area (Å²) in [6, 6.07) is 71.0. The molecule has 13 aromatic rings. The predicted octanol–water partition coefficient (Wildman–Crippen LogP) is 16.0. The number of ether oxygens (including phenoxy) is 4. The third-order valence-electron chi connectivity index (χ3n) is 17.2. The Bertz CT molecular complexity index is 5110. The Morgan fingerprint density at radius 2 is 0.756 bits per heavy atom. The van der Waals surface area contributed by atoms with Crippen molar-refractivity contribution < 1.29 is 106 Å². The van der Waals surface area contributed by atoms with Gasteiger partial charge in [0.05, 0.1) is 62.1 Å². The van der Waals surface area contributed by atoms with E-state index in [-0.39, 0.29) is 112 Å². The van der Waals surface area contributed by atoms with Crippen molar-refractivity contribution in [2.75, 3.05) is 46.8 Å². The number of para-hydroxylation sites is 2. The smallest absolute Gasteiger partial charge is 1.00 e. The molecule has 32 heteroatoms. The number of alkyl halides is 3. The fourth-order valence-electron chi connectivity index (χ4n) is 10.5. The van der Waals surface area contributed by atoms with E-state index in [0.29, 0.717) is 59.4 Å². The van der Waals surface area contributed by atoms with E-state index >= 15 is 0 Å². The number of nitro benzene ring substituents is 1. The third kappa shape index (κ3) is 50.0. The number of aliphatic hydroxyl groups is 2. The summed E-state index contributed by atoms with van der Waals surface area (Å²) in [4.78, 5) is 81.3. The van der Waals surface area contributed by atoms with Crippen molar-refractivity contribution >= 4 is 96.7 Å². The molecule has 0 amide bonds. The number of nitro groups is 1. The Morgan fingerprint density at radius 1 is 0.489 bits per heavy atom. The van der Waals surface area contributed by atoms with Gasteiger partial charge in [-0.1, -0.05) is 174 Å². The summed E-state index contributed by atoms with van der Waals surface area (Å²) in [5.74, 6) is 3.08. The minimum atomic E-state index is -1.00. The van der Waals surface area contributed by atoms with E-state index in [1.54, 1.807) is 138 Å². The average Bonchev–Trinajstić information content (AvgIpc) is 1.58. The van der Waals surface area contributed by atoms with Crippen LogP contribution in [0.1, 0.15) is 187 Å². The molecule has 1 fully saturated rings. The van der Waals surface area contributed by atoms with Crippen LogP contribution in [0.25, 0.3) is 0 Å². The van der Waals surface area contributed by atoms with E-state index in [1.807, 2.05) is 186 Å². The number of carboxylic acids is 1. The molecule has 0 spiro atoms. The molecule has 0 atom stereocenters. The third-order valence-corrected chi connectivity index (χ3v) is 17.8. The van der Waals surface area contributed by atoms with E-state index in [1.165, 1.54) is 36.1 Å². The number of aryl methyl sites for hydroxylation is 4. The van der Waals surface area contributed by atoms with Gasteiger partial charge in [-0.3, -0.25) is 24.5 Å². The van der Waals surface area contributed by atoms with Crippen LogP contribution in [0, 0.1) is 37.8 Å². The first-order valence-electron chi connectivity index (χ1n) is 40.2. The summed E-state index contributed by atoms with van der Waals surface area (Å²) < 4.78 is 44.6. The fourth-order valence-corrected chi connectivity index (χ4v) is 10.9. The van der Waals surface area contributed by atoms with Crippen LogP contribution in [0.15, 0.2) is 286 Å². The topological polar surface area (TPSA) is 352 Å². The van der Waals surface area contributed by atoms with Gasteiger partial charge in [-0.25, -0.2) is 39.1 Å². The molecule has 14 rings (SSSR count). The quantitative estimate of drug-likeness (QED) is 0.00468. The van der Waals surface area contributed by atoms with E-state index in [9.17, 15) is 43.7 Å². The molecular weight excluding hydrogens is 1720 g/mol. The number of rotatable bonds is 22.